The summed E-state index contributed by atoms with van der Waals surface area (Å²) in [5, 5.41) is 9.43. The summed E-state index contributed by atoms with van der Waals surface area (Å²) in [6, 6.07) is 10.6. The topological polar surface area (TPSA) is 109 Å². The Bertz CT molecular complexity index is 950. The van der Waals surface area contributed by atoms with Crippen molar-refractivity contribution in [1.82, 2.24) is 9.80 Å². The van der Waals surface area contributed by atoms with Gasteiger partial charge < -0.3 is 14.2 Å². The molecule has 2 saturated heterocycles. The first-order valence-corrected chi connectivity index (χ1v) is 11.5. The van der Waals surface area contributed by atoms with E-state index in [4.69, 9.17) is 14.2 Å². The number of hydrogen-bond acceptors (Lipinski definition) is 7. The van der Waals surface area contributed by atoms with Crippen molar-refractivity contribution in [2.45, 2.75) is 77.3 Å². The maximum absolute atomic E-state index is 13.5. The number of benzene rings is 1. The van der Waals surface area contributed by atoms with E-state index < -0.39 is 47.4 Å². The normalized spacial score (nSPS) is 22.8. The van der Waals surface area contributed by atoms with Crippen LogP contribution in [-0.4, -0.2) is 64.5 Å². The Morgan fingerprint density at radius 3 is 2.50 bits per heavy atom. The molecule has 9 nitrogen and oxygen atoms in total. The van der Waals surface area contributed by atoms with Crippen molar-refractivity contribution in [3.63, 3.8) is 0 Å². The second-order valence-electron chi connectivity index (χ2n) is 10.2. The Labute approximate surface area is 200 Å². The Kier molecular flexibility index (Phi) is 7.51. The third-order valence-corrected chi connectivity index (χ3v) is 5.92. The number of hydrogen-bond donors (Lipinski definition) is 0. The molecule has 3 rings (SSSR count). The summed E-state index contributed by atoms with van der Waals surface area (Å²) in [7, 11) is 0. The lowest BCUT2D eigenvalue weighted by Crippen LogP contribution is -2.51. The van der Waals surface area contributed by atoms with E-state index in [9.17, 15) is 19.6 Å². The van der Waals surface area contributed by atoms with Crippen molar-refractivity contribution in [2.24, 2.45) is 5.92 Å². The van der Waals surface area contributed by atoms with Gasteiger partial charge in [0.05, 0.1) is 30.7 Å². The van der Waals surface area contributed by atoms with Gasteiger partial charge in [-0.15, -0.1) is 0 Å². The maximum Gasteiger partial charge on any atom is 0.416 e. The zero-order chi connectivity index (χ0) is 25.1. The molecular weight excluding hydrogens is 438 g/mol. The molecule has 1 aromatic rings. The summed E-state index contributed by atoms with van der Waals surface area (Å²) < 4.78 is 16.6. The van der Waals surface area contributed by atoms with Gasteiger partial charge in [-0.3, -0.25) is 9.69 Å². The summed E-state index contributed by atoms with van der Waals surface area (Å²) >= 11 is 0. The highest BCUT2D eigenvalue weighted by Crippen LogP contribution is 2.34. The van der Waals surface area contributed by atoms with Gasteiger partial charge in [-0.25, -0.2) is 14.5 Å². The number of carbonyl (C=O) groups is 3. The van der Waals surface area contributed by atoms with E-state index in [-0.39, 0.29) is 26.1 Å². The highest BCUT2D eigenvalue weighted by Gasteiger charge is 2.48. The predicted molar refractivity (Wildman–Crippen MR) is 122 cm³/mol. The first-order chi connectivity index (χ1) is 15.9. The molecule has 2 aliphatic rings. The molecule has 9 heteroatoms. The van der Waals surface area contributed by atoms with Gasteiger partial charge in [-0.2, -0.15) is 5.26 Å². The molecule has 1 aromatic carbocycles. The monoisotopic (exact) mass is 471 g/mol. The molecule has 0 bridgehead atoms. The van der Waals surface area contributed by atoms with E-state index in [1.165, 1.54) is 4.90 Å². The average molecular weight is 472 g/mol. The van der Waals surface area contributed by atoms with E-state index in [1.807, 2.05) is 30.3 Å². The van der Waals surface area contributed by atoms with E-state index >= 15 is 0 Å². The smallest absolute Gasteiger partial charge is 0.416 e. The third-order valence-electron chi connectivity index (χ3n) is 5.92. The molecule has 3 amide bonds. The van der Waals surface area contributed by atoms with Crippen molar-refractivity contribution in [3.8, 4) is 6.07 Å². The molecule has 0 N–H and O–H groups in total. The lowest BCUT2D eigenvalue weighted by atomic mass is 9.94. The molecule has 0 aromatic heterocycles. The van der Waals surface area contributed by atoms with Crippen molar-refractivity contribution in [2.75, 3.05) is 13.2 Å². The van der Waals surface area contributed by atoms with Gasteiger partial charge in [0.1, 0.15) is 17.9 Å². The Balaban J connectivity index is 1.79. The van der Waals surface area contributed by atoms with Crippen LogP contribution in [0.1, 0.15) is 53.0 Å². The van der Waals surface area contributed by atoms with E-state index in [1.54, 1.807) is 34.6 Å². The number of amides is 3. The van der Waals surface area contributed by atoms with Crippen molar-refractivity contribution < 1.29 is 28.6 Å². The van der Waals surface area contributed by atoms with Crippen LogP contribution in [0.5, 0.6) is 0 Å². The van der Waals surface area contributed by atoms with Gasteiger partial charge in [-0.1, -0.05) is 30.3 Å². The zero-order valence-electron chi connectivity index (χ0n) is 20.4. The molecule has 2 aliphatic heterocycles. The van der Waals surface area contributed by atoms with Crippen molar-refractivity contribution in [3.05, 3.63) is 35.9 Å². The van der Waals surface area contributed by atoms with Crippen LogP contribution in [0.15, 0.2) is 30.3 Å². The lowest BCUT2D eigenvalue weighted by molar-refractivity contribution is -0.134. The number of rotatable bonds is 6. The second kappa shape index (κ2) is 10.0. The summed E-state index contributed by atoms with van der Waals surface area (Å²) in [4.78, 5) is 41.6. The standard InChI is InChI=1S/C25H33N3O6/c1-24(2,3)34-23(31)28-20(16-33-25(28,4)5)14-18(11-12-26)21(29)27-19(15-32-22(27)30)13-17-9-7-6-8-10-17/h6-10,18-20H,11,13-16H2,1-5H3/t18-,19-,20+/m0/s1. The summed E-state index contributed by atoms with van der Waals surface area (Å²) in [6.45, 7) is 9.13. The van der Waals surface area contributed by atoms with Crippen molar-refractivity contribution in [1.29, 1.82) is 5.26 Å². The van der Waals surface area contributed by atoms with E-state index in [0.717, 1.165) is 10.5 Å². The van der Waals surface area contributed by atoms with Crippen LogP contribution in [0.3, 0.4) is 0 Å². The highest BCUT2D eigenvalue weighted by atomic mass is 16.6. The third kappa shape index (κ3) is 5.86. The summed E-state index contributed by atoms with van der Waals surface area (Å²) in [5.74, 6) is -1.28. The number of imide groups is 1. The predicted octanol–water partition coefficient (Wildman–Crippen LogP) is 3.87. The molecule has 0 unspecified atom stereocenters. The largest absolute Gasteiger partial charge is 0.447 e. The lowest BCUT2D eigenvalue weighted by Gasteiger charge is -2.36. The van der Waals surface area contributed by atoms with E-state index in [0.29, 0.717) is 6.42 Å². The van der Waals surface area contributed by atoms with Crippen LogP contribution < -0.4 is 0 Å². The fraction of sp³-hybridized carbons (Fsp3) is 0.600. The molecule has 184 valence electrons. The molecule has 0 saturated carbocycles. The summed E-state index contributed by atoms with van der Waals surface area (Å²) in [6.07, 6.45) is -0.732. The van der Waals surface area contributed by atoms with E-state index in [2.05, 4.69) is 6.07 Å². The Morgan fingerprint density at radius 2 is 1.88 bits per heavy atom. The van der Waals surface area contributed by atoms with Crippen LogP contribution >= 0.6 is 0 Å². The van der Waals surface area contributed by atoms with Crippen molar-refractivity contribution >= 4 is 18.1 Å². The number of cyclic esters (lactones) is 1. The van der Waals surface area contributed by atoms with Gasteiger partial charge in [0.25, 0.3) is 0 Å². The number of carbonyl (C=O) groups excluding carboxylic acids is 3. The molecule has 0 radical (unpaired) electrons. The van der Waals surface area contributed by atoms with Gasteiger partial charge >= 0.3 is 12.2 Å². The quantitative estimate of drug-likeness (QED) is 0.619. The number of ether oxygens (including phenoxy) is 3. The fourth-order valence-corrected chi connectivity index (χ4v) is 4.41. The van der Waals surface area contributed by atoms with Gasteiger partial charge in [-0.05, 0) is 53.0 Å². The van der Waals surface area contributed by atoms with Gasteiger partial charge in [0.15, 0.2) is 0 Å². The van der Waals surface area contributed by atoms with Crippen LogP contribution in [-0.2, 0) is 25.4 Å². The molecule has 0 aliphatic carbocycles. The van der Waals surface area contributed by atoms with Crippen LogP contribution in [0.4, 0.5) is 9.59 Å². The number of nitriles is 1. The Morgan fingerprint density at radius 1 is 1.21 bits per heavy atom. The molecule has 34 heavy (non-hydrogen) atoms. The molecule has 3 atom stereocenters. The average Bonchev–Trinajstić information content (AvgIpc) is 3.25. The molecule has 2 heterocycles. The number of nitrogens with zero attached hydrogens (tertiary/aromatic N) is 3. The second-order valence-corrected chi connectivity index (χ2v) is 10.2. The minimum absolute atomic E-state index is 0.0975. The molecule has 2 fully saturated rings. The summed E-state index contributed by atoms with van der Waals surface area (Å²) in [5.41, 5.74) is -0.663. The SMILES string of the molecule is CC(C)(C)OC(=O)N1[C@H](C[C@H](CC#N)C(=O)N2C(=O)OC[C@@H]2Cc2ccccc2)COC1(C)C. The first-order valence-electron chi connectivity index (χ1n) is 11.5. The van der Waals surface area contributed by atoms with Gasteiger partial charge in [0.2, 0.25) is 5.91 Å². The Hall–Kier alpha value is -3.12. The van der Waals surface area contributed by atoms with Crippen LogP contribution in [0, 0.1) is 17.2 Å². The molecular formula is C25H33N3O6. The highest BCUT2D eigenvalue weighted by molar-refractivity contribution is 5.95. The zero-order valence-corrected chi connectivity index (χ0v) is 20.4. The molecule has 0 spiro atoms. The fourth-order valence-electron chi connectivity index (χ4n) is 4.41. The maximum atomic E-state index is 13.5. The minimum atomic E-state index is -0.935. The minimum Gasteiger partial charge on any atom is -0.447 e. The van der Waals surface area contributed by atoms with Gasteiger partial charge in [0, 0.05) is 6.42 Å². The first kappa shape index (κ1) is 25.5. The van der Waals surface area contributed by atoms with Crippen LogP contribution in [0.25, 0.3) is 0 Å². The van der Waals surface area contributed by atoms with Crippen LogP contribution in [0.2, 0.25) is 0 Å².